The van der Waals surface area contributed by atoms with Crippen LogP contribution in [0.5, 0.6) is 11.5 Å². The molecule has 118 valence electrons. The Labute approximate surface area is 128 Å². The van der Waals surface area contributed by atoms with Gasteiger partial charge in [-0.2, -0.15) is 0 Å². The van der Waals surface area contributed by atoms with Gasteiger partial charge in [0.2, 0.25) is 6.10 Å². The third-order valence-electron chi connectivity index (χ3n) is 4.37. The largest absolute Gasteiger partial charge is 0.485 e. The van der Waals surface area contributed by atoms with Gasteiger partial charge in [0.05, 0.1) is 5.92 Å². The van der Waals surface area contributed by atoms with Gasteiger partial charge in [-0.1, -0.05) is 12.1 Å². The molecular formula is C16H19NO5. The number of benzene rings is 1. The van der Waals surface area contributed by atoms with Crippen LogP contribution in [0, 0.1) is 5.92 Å². The molecule has 0 saturated carbocycles. The minimum absolute atomic E-state index is 0.150. The number of hydrogen-bond donors (Lipinski definition) is 1. The molecule has 0 aliphatic carbocycles. The number of para-hydroxylation sites is 2. The van der Waals surface area contributed by atoms with E-state index >= 15 is 0 Å². The van der Waals surface area contributed by atoms with E-state index in [4.69, 9.17) is 9.47 Å². The van der Waals surface area contributed by atoms with E-state index in [-0.39, 0.29) is 18.6 Å². The molecule has 1 N–H and O–H groups in total. The lowest BCUT2D eigenvalue weighted by molar-refractivity contribution is -0.153. The molecule has 1 aromatic rings. The number of fused-ring (bicyclic) bond motifs is 1. The van der Waals surface area contributed by atoms with Crippen molar-refractivity contribution >= 4 is 11.9 Å². The number of carboxylic acids is 1. The maximum atomic E-state index is 12.7. The number of carbonyl (C=O) groups is 2. The predicted octanol–water partition coefficient (Wildman–Crippen LogP) is 1.54. The van der Waals surface area contributed by atoms with Crippen LogP contribution in [0.2, 0.25) is 0 Å². The van der Waals surface area contributed by atoms with Crippen LogP contribution in [-0.4, -0.2) is 47.2 Å². The maximum absolute atomic E-state index is 12.7. The topological polar surface area (TPSA) is 76.1 Å². The fourth-order valence-electron chi connectivity index (χ4n) is 3.11. The van der Waals surface area contributed by atoms with Crippen LogP contribution in [0.3, 0.4) is 0 Å². The number of carbonyl (C=O) groups excluding carboxylic acids is 1. The Morgan fingerprint density at radius 1 is 1.27 bits per heavy atom. The van der Waals surface area contributed by atoms with Gasteiger partial charge in [-0.05, 0) is 31.9 Å². The molecule has 1 amide bonds. The molecule has 1 fully saturated rings. The summed E-state index contributed by atoms with van der Waals surface area (Å²) in [5, 5.41) is 9.25. The van der Waals surface area contributed by atoms with Gasteiger partial charge in [-0.3, -0.25) is 9.59 Å². The van der Waals surface area contributed by atoms with E-state index in [0.717, 1.165) is 0 Å². The number of likely N-dealkylation sites (tertiary alicyclic amines) is 1. The normalized spacial score (nSPS) is 27.3. The van der Waals surface area contributed by atoms with Crippen molar-refractivity contribution in [2.75, 3.05) is 13.2 Å². The highest BCUT2D eigenvalue weighted by atomic mass is 16.6. The first kappa shape index (κ1) is 14.7. The van der Waals surface area contributed by atoms with E-state index in [2.05, 4.69) is 0 Å². The number of amides is 1. The fourth-order valence-corrected chi connectivity index (χ4v) is 3.11. The number of rotatable bonds is 2. The number of carboxylic acid groups (broad SMARTS) is 1. The summed E-state index contributed by atoms with van der Waals surface area (Å²) in [5.41, 5.74) is 0. The van der Waals surface area contributed by atoms with Crippen molar-refractivity contribution < 1.29 is 24.2 Å². The second kappa shape index (κ2) is 5.87. The molecule has 2 aliphatic rings. The lowest BCUT2D eigenvalue weighted by Gasteiger charge is -2.39. The van der Waals surface area contributed by atoms with Gasteiger partial charge in [0.15, 0.2) is 11.5 Å². The first-order valence-corrected chi connectivity index (χ1v) is 7.49. The van der Waals surface area contributed by atoms with Crippen molar-refractivity contribution in [2.24, 2.45) is 5.92 Å². The van der Waals surface area contributed by atoms with Gasteiger partial charge in [-0.15, -0.1) is 0 Å². The van der Waals surface area contributed by atoms with E-state index in [1.54, 1.807) is 24.0 Å². The van der Waals surface area contributed by atoms with E-state index in [9.17, 15) is 14.7 Å². The molecule has 3 rings (SSSR count). The zero-order valence-corrected chi connectivity index (χ0v) is 12.4. The molecule has 1 aromatic carbocycles. The highest BCUT2D eigenvalue weighted by molar-refractivity contribution is 5.83. The average molecular weight is 305 g/mol. The van der Waals surface area contributed by atoms with Gasteiger partial charge in [0.1, 0.15) is 6.61 Å². The van der Waals surface area contributed by atoms with Crippen LogP contribution in [0.1, 0.15) is 19.8 Å². The second-order valence-corrected chi connectivity index (χ2v) is 5.72. The smallest absolute Gasteiger partial charge is 0.308 e. The van der Waals surface area contributed by atoms with E-state index in [1.807, 2.05) is 12.1 Å². The molecule has 0 spiro atoms. The number of ether oxygens (including phenoxy) is 2. The molecule has 1 unspecified atom stereocenters. The van der Waals surface area contributed by atoms with E-state index < -0.39 is 18.0 Å². The minimum atomic E-state index is -0.851. The highest BCUT2D eigenvalue weighted by Gasteiger charge is 2.39. The molecule has 1 saturated heterocycles. The van der Waals surface area contributed by atoms with Crippen LogP contribution in [0.25, 0.3) is 0 Å². The van der Waals surface area contributed by atoms with Crippen LogP contribution in [-0.2, 0) is 9.59 Å². The lowest BCUT2D eigenvalue weighted by Crippen LogP contribution is -2.55. The summed E-state index contributed by atoms with van der Waals surface area (Å²) < 4.78 is 11.3. The molecule has 2 heterocycles. The highest BCUT2D eigenvalue weighted by Crippen LogP contribution is 2.32. The van der Waals surface area contributed by atoms with Crippen LogP contribution < -0.4 is 9.47 Å². The zero-order valence-electron chi connectivity index (χ0n) is 12.4. The third-order valence-corrected chi connectivity index (χ3v) is 4.37. The van der Waals surface area contributed by atoms with Crippen LogP contribution >= 0.6 is 0 Å². The third kappa shape index (κ3) is 2.61. The van der Waals surface area contributed by atoms with Crippen LogP contribution in [0.4, 0.5) is 0 Å². The summed E-state index contributed by atoms with van der Waals surface area (Å²) in [6.45, 7) is 2.50. The molecule has 2 aliphatic heterocycles. The average Bonchev–Trinajstić information content (AvgIpc) is 2.53. The molecule has 6 heteroatoms. The lowest BCUT2D eigenvalue weighted by atomic mass is 9.90. The van der Waals surface area contributed by atoms with Gasteiger partial charge in [0, 0.05) is 12.6 Å². The Morgan fingerprint density at radius 3 is 2.73 bits per heavy atom. The Kier molecular flexibility index (Phi) is 3.92. The molecule has 0 radical (unpaired) electrons. The van der Waals surface area contributed by atoms with Crippen molar-refractivity contribution in [1.82, 2.24) is 4.90 Å². The van der Waals surface area contributed by atoms with Gasteiger partial charge < -0.3 is 19.5 Å². The summed E-state index contributed by atoms with van der Waals surface area (Å²) in [6, 6.07) is 6.88. The Morgan fingerprint density at radius 2 is 2.00 bits per heavy atom. The first-order chi connectivity index (χ1) is 10.6. The summed E-state index contributed by atoms with van der Waals surface area (Å²) in [5.74, 6) is -0.396. The summed E-state index contributed by atoms with van der Waals surface area (Å²) >= 11 is 0. The number of aliphatic carboxylic acids is 1. The predicted molar refractivity (Wildman–Crippen MR) is 77.9 cm³/mol. The Hall–Kier alpha value is -2.24. The van der Waals surface area contributed by atoms with Crippen molar-refractivity contribution in [3.05, 3.63) is 24.3 Å². The molecular weight excluding hydrogens is 286 g/mol. The number of hydrogen-bond acceptors (Lipinski definition) is 4. The maximum Gasteiger partial charge on any atom is 0.308 e. The van der Waals surface area contributed by atoms with E-state index in [0.29, 0.717) is 30.9 Å². The van der Waals surface area contributed by atoms with Crippen molar-refractivity contribution in [3.8, 4) is 11.5 Å². The molecule has 0 bridgehead atoms. The summed E-state index contributed by atoms with van der Waals surface area (Å²) in [6.07, 6.45) is 0.576. The Balaban J connectivity index is 1.73. The fraction of sp³-hybridized carbons (Fsp3) is 0.500. The van der Waals surface area contributed by atoms with Crippen LogP contribution in [0.15, 0.2) is 24.3 Å². The van der Waals surface area contributed by atoms with E-state index in [1.165, 1.54) is 0 Å². The SMILES string of the molecule is C[C@@H]1[C@H](C(=O)O)CCCN1C(=O)C1COc2ccccc2O1. The minimum Gasteiger partial charge on any atom is -0.485 e. The second-order valence-electron chi connectivity index (χ2n) is 5.72. The summed E-state index contributed by atoms with van der Waals surface area (Å²) in [7, 11) is 0. The number of nitrogens with zero attached hydrogens (tertiary/aromatic N) is 1. The number of piperidine rings is 1. The molecule has 22 heavy (non-hydrogen) atoms. The van der Waals surface area contributed by atoms with Crippen molar-refractivity contribution in [3.63, 3.8) is 0 Å². The molecule has 3 atom stereocenters. The summed E-state index contributed by atoms with van der Waals surface area (Å²) in [4.78, 5) is 25.6. The quantitative estimate of drug-likeness (QED) is 0.897. The van der Waals surface area contributed by atoms with Gasteiger partial charge >= 0.3 is 5.97 Å². The first-order valence-electron chi connectivity index (χ1n) is 7.49. The van der Waals surface area contributed by atoms with Gasteiger partial charge in [-0.25, -0.2) is 0 Å². The zero-order chi connectivity index (χ0) is 15.7. The Bertz CT molecular complexity index is 588. The van der Waals surface area contributed by atoms with Gasteiger partial charge in [0.25, 0.3) is 5.91 Å². The molecule has 6 nitrogen and oxygen atoms in total. The molecule has 0 aromatic heterocycles. The monoisotopic (exact) mass is 305 g/mol. The van der Waals surface area contributed by atoms with Crippen molar-refractivity contribution in [2.45, 2.75) is 31.9 Å². The van der Waals surface area contributed by atoms with Crippen molar-refractivity contribution in [1.29, 1.82) is 0 Å². The standard InChI is InChI=1S/C16H19NO5/c1-10-11(16(19)20)5-4-8-17(10)15(18)14-9-21-12-6-2-3-7-13(12)22-14/h2-3,6-7,10-11,14H,4-5,8-9H2,1H3,(H,19,20)/t10-,11-,14?/m1/s1.